The zero-order chi connectivity index (χ0) is 22.9. The number of alkyl halides is 3. The maximum atomic E-state index is 12.9. The number of hydrogen-bond donors (Lipinski definition) is 2. The number of thiophene rings is 1. The van der Waals surface area contributed by atoms with Gasteiger partial charge in [-0.05, 0) is 59.7 Å². The lowest BCUT2D eigenvalue weighted by molar-refractivity contribution is -0.137. The maximum Gasteiger partial charge on any atom is 0.416 e. The molecule has 162 valence electrons. The van der Waals surface area contributed by atoms with Gasteiger partial charge in [0.1, 0.15) is 11.5 Å². The molecule has 0 saturated carbocycles. The van der Waals surface area contributed by atoms with Gasteiger partial charge >= 0.3 is 12.1 Å². The van der Waals surface area contributed by atoms with E-state index in [1.165, 1.54) is 35.6 Å². The van der Waals surface area contributed by atoms with Crippen LogP contribution in [0.4, 0.5) is 13.2 Å². The summed E-state index contributed by atoms with van der Waals surface area (Å²) in [5.41, 5.74) is 0.477. The number of phenolic OH excluding ortho intramolecular Hbond substituents is 1. The molecule has 0 fully saturated rings. The van der Waals surface area contributed by atoms with Gasteiger partial charge in [0, 0.05) is 16.2 Å². The first-order chi connectivity index (χ1) is 15.2. The average Bonchev–Trinajstić information content (AvgIpc) is 3.10. The number of fused-ring (bicyclic) bond motifs is 1. The van der Waals surface area contributed by atoms with Gasteiger partial charge in [-0.15, -0.1) is 11.3 Å². The van der Waals surface area contributed by atoms with Crippen LogP contribution in [-0.4, -0.2) is 16.2 Å². The predicted octanol–water partition coefficient (Wildman–Crippen LogP) is 7.18. The lowest BCUT2D eigenvalue weighted by atomic mass is 10.1. The van der Waals surface area contributed by atoms with E-state index in [1.807, 2.05) is 0 Å². The van der Waals surface area contributed by atoms with Crippen molar-refractivity contribution in [1.82, 2.24) is 0 Å². The zero-order valence-corrected chi connectivity index (χ0v) is 17.1. The summed E-state index contributed by atoms with van der Waals surface area (Å²) in [6.45, 7) is 0. The van der Waals surface area contributed by atoms with Crippen molar-refractivity contribution in [3.05, 3.63) is 83.9 Å². The summed E-state index contributed by atoms with van der Waals surface area (Å²) in [7, 11) is 0. The summed E-state index contributed by atoms with van der Waals surface area (Å²) in [6, 6.07) is 16.3. The smallest absolute Gasteiger partial charge is 0.416 e. The van der Waals surface area contributed by atoms with E-state index in [4.69, 9.17) is 9.84 Å². The van der Waals surface area contributed by atoms with Crippen LogP contribution in [0.1, 0.15) is 11.1 Å². The van der Waals surface area contributed by atoms with E-state index in [0.717, 1.165) is 22.9 Å². The highest BCUT2D eigenvalue weighted by Gasteiger charge is 2.30. The van der Waals surface area contributed by atoms with Crippen molar-refractivity contribution in [3.8, 4) is 27.7 Å². The number of carboxylic acid groups (broad SMARTS) is 1. The number of carbonyl (C=O) groups is 1. The van der Waals surface area contributed by atoms with Crippen molar-refractivity contribution >= 4 is 33.5 Å². The Labute approximate surface area is 184 Å². The van der Waals surface area contributed by atoms with Gasteiger partial charge in [0.05, 0.1) is 10.4 Å². The molecule has 0 amide bonds. The molecule has 0 saturated heterocycles. The number of ether oxygens (including phenoxy) is 1. The Hall–Kier alpha value is -3.78. The minimum Gasteiger partial charge on any atom is -0.508 e. The van der Waals surface area contributed by atoms with Crippen LogP contribution in [0.15, 0.2) is 72.8 Å². The van der Waals surface area contributed by atoms with Gasteiger partial charge in [-0.1, -0.05) is 24.3 Å². The van der Waals surface area contributed by atoms with Gasteiger partial charge in [-0.3, -0.25) is 0 Å². The first kappa shape index (κ1) is 21.5. The fraction of sp³-hybridized carbons (Fsp3) is 0.0417. The first-order valence-electron chi connectivity index (χ1n) is 9.33. The molecule has 32 heavy (non-hydrogen) atoms. The van der Waals surface area contributed by atoms with E-state index in [-0.39, 0.29) is 5.75 Å². The third-order valence-corrected chi connectivity index (χ3v) is 5.80. The normalized spacial score (nSPS) is 11.8. The van der Waals surface area contributed by atoms with Crippen LogP contribution in [0, 0.1) is 0 Å². The molecule has 0 unspecified atom stereocenters. The Morgan fingerprint density at radius 3 is 2.28 bits per heavy atom. The van der Waals surface area contributed by atoms with Crippen LogP contribution in [0.5, 0.6) is 17.2 Å². The van der Waals surface area contributed by atoms with Gasteiger partial charge in [0.15, 0.2) is 5.75 Å². The largest absolute Gasteiger partial charge is 0.508 e. The lowest BCUT2D eigenvalue weighted by Gasteiger charge is -2.10. The molecule has 0 aliphatic carbocycles. The number of halogens is 3. The van der Waals surface area contributed by atoms with E-state index in [2.05, 4.69) is 0 Å². The second kappa shape index (κ2) is 8.39. The topological polar surface area (TPSA) is 66.8 Å². The number of hydrogen-bond acceptors (Lipinski definition) is 4. The van der Waals surface area contributed by atoms with Gasteiger partial charge in [-0.2, -0.15) is 13.2 Å². The molecular weight excluding hydrogens is 441 g/mol. The summed E-state index contributed by atoms with van der Waals surface area (Å²) in [6.07, 6.45) is -1.96. The summed E-state index contributed by atoms with van der Waals surface area (Å²) in [5, 5.41) is 19.3. The van der Waals surface area contributed by atoms with Crippen molar-refractivity contribution in [2.24, 2.45) is 0 Å². The zero-order valence-electron chi connectivity index (χ0n) is 16.3. The minimum absolute atomic E-state index is 0.0684. The van der Waals surface area contributed by atoms with Crippen molar-refractivity contribution in [2.45, 2.75) is 6.18 Å². The van der Waals surface area contributed by atoms with Crippen LogP contribution >= 0.6 is 11.3 Å². The third kappa shape index (κ3) is 4.60. The number of aromatic hydroxyl groups is 1. The van der Waals surface area contributed by atoms with Gasteiger partial charge < -0.3 is 14.9 Å². The Morgan fingerprint density at radius 2 is 1.66 bits per heavy atom. The van der Waals surface area contributed by atoms with E-state index >= 15 is 0 Å². The van der Waals surface area contributed by atoms with Crippen LogP contribution in [-0.2, 0) is 11.0 Å². The van der Waals surface area contributed by atoms with Gasteiger partial charge in [0.2, 0.25) is 0 Å². The second-order valence-corrected chi connectivity index (χ2v) is 7.91. The third-order valence-electron chi connectivity index (χ3n) is 4.62. The molecule has 2 N–H and O–H groups in total. The van der Waals surface area contributed by atoms with E-state index in [1.54, 1.807) is 36.4 Å². The number of rotatable bonds is 5. The molecule has 1 aromatic heterocycles. The quantitative estimate of drug-likeness (QED) is 0.312. The molecule has 1 heterocycles. The van der Waals surface area contributed by atoms with Crippen LogP contribution < -0.4 is 4.74 Å². The molecule has 3 aromatic carbocycles. The number of carboxylic acids is 1. The molecular formula is C24H15F3O4S. The molecule has 8 heteroatoms. The second-order valence-electron chi connectivity index (χ2n) is 6.86. The monoisotopic (exact) mass is 456 g/mol. The van der Waals surface area contributed by atoms with E-state index in [0.29, 0.717) is 32.9 Å². The molecule has 0 radical (unpaired) electrons. The molecule has 0 bridgehead atoms. The number of aliphatic carboxylic acids is 1. The summed E-state index contributed by atoms with van der Waals surface area (Å²) in [4.78, 5) is 11.3. The fourth-order valence-corrected chi connectivity index (χ4v) is 4.26. The Bertz CT molecular complexity index is 1300. The first-order valence-corrected chi connectivity index (χ1v) is 10.1. The predicted molar refractivity (Wildman–Crippen MR) is 117 cm³/mol. The Kier molecular flexibility index (Phi) is 5.63. The Morgan fingerprint density at radius 1 is 0.969 bits per heavy atom. The van der Waals surface area contributed by atoms with Crippen LogP contribution in [0.25, 0.3) is 26.6 Å². The molecule has 4 aromatic rings. The van der Waals surface area contributed by atoms with Crippen molar-refractivity contribution in [3.63, 3.8) is 0 Å². The standard InChI is InChI=1S/C24H15F3O4S/c25-24(26,27)16-6-4-15(5-7-16)23-22(19-11-8-17(28)13-20(19)32-23)31-18-9-1-14(2-10-18)3-12-21(29)30/h1-13,28H,(H,29,30). The highest BCUT2D eigenvalue weighted by Crippen LogP contribution is 2.47. The van der Waals surface area contributed by atoms with Crippen molar-refractivity contribution < 1.29 is 32.9 Å². The minimum atomic E-state index is -4.43. The van der Waals surface area contributed by atoms with Crippen LogP contribution in [0.3, 0.4) is 0 Å². The molecule has 4 nitrogen and oxygen atoms in total. The Balaban J connectivity index is 1.74. The van der Waals surface area contributed by atoms with E-state index in [9.17, 15) is 23.1 Å². The molecule has 4 rings (SSSR count). The fourth-order valence-electron chi connectivity index (χ4n) is 3.10. The van der Waals surface area contributed by atoms with Gasteiger partial charge in [0.25, 0.3) is 0 Å². The summed E-state index contributed by atoms with van der Waals surface area (Å²) < 4.78 is 45.7. The SMILES string of the molecule is O=C(O)C=Cc1ccc(Oc2c(-c3ccc(C(F)(F)F)cc3)sc3cc(O)ccc23)cc1. The molecule has 0 aliphatic heterocycles. The molecule has 0 aliphatic rings. The maximum absolute atomic E-state index is 12.9. The molecule has 0 spiro atoms. The number of benzene rings is 3. The highest BCUT2D eigenvalue weighted by molar-refractivity contribution is 7.22. The van der Waals surface area contributed by atoms with E-state index < -0.39 is 17.7 Å². The lowest BCUT2D eigenvalue weighted by Crippen LogP contribution is -2.03. The van der Waals surface area contributed by atoms with Crippen LogP contribution in [0.2, 0.25) is 0 Å². The summed E-state index contributed by atoms with van der Waals surface area (Å²) >= 11 is 1.30. The van der Waals surface area contributed by atoms with Crippen molar-refractivity contribution in [1.29, 1.82) is 0 Å². The average molecular weight is 456 g/mol. The molecule has 0 atom stereocenters. The highest BCUT2D eigenvalue weighted by atomic mass is 32.1. The number of phenols is 1. The summed E-state index contributed by atoms with van der Waals surface area (Å²) in [5.74, 6) is -0.0599. The van der Waals surface area contributed by atoms with Gasteiger partial charge in [-0.25, -0.2) is 4.79 Å². The van der Waals surface area contributed by atoms with Crippen molar-refractivity contribution in [2.75, 3.05) is 0 Å².